The van der Waals surface area contributed by atoms with Crippen LogP contribution in [0.1, 0.15) is 56.3 Å². The Bertz CT molecular complexity index is 1040. The van der Waals surface area contributed by atoms with E-state index in [4.69, 9.17) is 9.47 Å². The van der Waals surface area contributed by atoms with Gasteiger partial charge in [0.2, 0.25) is 0 Å². The van der Waals surface area contributed by atoms with Crippen LogP contribution in [-0.2, 0) is 22.3 Å². The molecule has 1 aliphatic heterocycles. The van der Waals surface area contributed by atoms with E-state index >= 15 is 0 Å². The molecule has 0 aliphatic carbocycles. The fourth-order valence-electron chi connectivity index (χ4n) is 3.93. The summed E-state index contributed by atoms with van der Waals surface area (Å²) in [5.41, 5.74) is -1.38. The Labute approximate surface area is 201 Å². The molecule has 0 aromatic heterocycles. The smallest absolute Gasteiger partial charge is 0.419 e. The fourth-order valence-corrected chi connectivity index (χ4v) is 3.93. The van der Waals surface area contributed by atoms with Gasteiger partial charge in [-0.25, -0.2) is 14.0 Å². The average Bonchev–Trinajstić information content (AvgIpc) is 3.24. The van der Waals surface area contributed by atoms with Crippen molar-refractivity contribution in [3.05, 3.63) is 71.0 Å². The van der Waals surface area contributed by atoms with E-state index in [9.17, 15) is 27.2 Å². The van der Waals surface area contributed by atoms with Crippen LogP contribution < -0.4 is 5.32 Å². The molecule has 2 atom stereocenters. The first-order chi connectivity index (χ1) is 16.3. The van der Waals surface area contributed by atoms with Gasteiger partial charge in [0, 0.05) is 6.54 Å². The summed E-state index contributed by atoms with van der Waals surface area (Å²) in [7, 11) is 0. The zero-order valence-electron chi connectivity index (χ0n) is 19.7. The first kappa shape index (κ1) is 26.3. The van der Waals surface area contributed by atoms with Gasteiger partial charge in [-0.05, 0) is 56.9 Å². The van der Waals surface area contributed by atoms with Crippen LogP contribution in [0, 0.1) is 5.82 Å². The van der Waals surface area contributed by atoms with E-state index < -0.39 is 47.4 Å². The van der Waals surface area contributed by atoms with Gasteiger partial charge < -0.3 is 19.7 Å². The standard InChI is InChI=1S/C25H28F4N2O4/c1-24(2,3)35-23(33)31-13-7-10-20(31)21(17-11-12-18(19(26)14-17)25(27,28)29)30-22(32)34-15-16-8-5-4-6-9-16/h4-6,8-9,11-12,14,20-21H,7,10,13,15H2,1-3H3,(H,30,32)/t20-,21-/m0/s1. The maximum Gasteiger partial charge on any atom is 0.419 e. The predicted octanol–water partition coefficient (Wildman–Crippen LogP) is 6.21. The number of rotatable bonds is 5. The number of likely N-dealkylation sites (tertiary alicyclic amines) is 1. The van der Waals surface area contributed by atoms with Gasteiger partial charge in [-0.3, -0.25) is 0 Å². The van der Waals surface area contributed by atoms with E-state index in [1.165, 1.54) is 4.90 Å². The minimum Gasteiger partial charge on any atom is -0.445 e. The Morgan fingerprint density at radius 2 is 1.80 bits per heavy atom. The highest BCUT2D eigenvalue weighted by molar-refractivity contribution is 5.70. The number of alkyl carbamates (subject to hydrolysis) is 1. The van der Waals surface area contributed by atoms with Gasteiger partial charge in [-0.1, -0.05) is 36.4 Å². The molecule has 3 rings (SSSR count). The normalized spacial score (nSPS) is 17.1. The van der Waals surface area contributed by atoms with Crippen LogP contribution in [0.5, 0.6) is 0 Å². The highest BCUT2D eigenvalue weighted by Crippen LogP contribution is 2.35. The van der Waals surface area contributed by atoms with E-state index in [-0.39, 0.29) is 12.2 Å². The number of carbonyl (C=O) groups excluding carboxylic acids is 2. The minimum absolute atomic E-state index is 0.0405. The second-order valence-corrected chi connectivity index (χ2v) is 9.30. The molecular weight excluding hydrogens is 468 g/mol. The lowest BCUT2D eigenvalue weighted by atomic mass is 9.96. The quantitative estimate of drug-likeness (QED) is 0.500. The number of alkyl halides is 3. The maximum atomic E-state index is 14.4. The van der Waals surface area contributed by atoms with Crippen LogP contribution in [0.25, 0.3) is 0 Å². The van der Waals surface area contributed by atoms with Gasteiger partial charge in [0.05, 0.1) is 17.6 Å². The van der Waals surface area contributed by atoms with E-state index in [2.05, 4.69) is 5.32 Å². The van der Waals surface area contributed by atoms with Gasteiger partial charge >= 0.3 is 18.4 Å². The molecule has 1 N–H and O–H groups in total. The summed E-state index contributed by atoms with van der Waals surface area (Å²) in [5.74, 6) is -1.47. The summed E-state index contributed by atoms with van der Waals surface area (Å²) < 4.78 is 64.4. The summed E-state index contributed by atoms with van der Waals surface area (Å²) >= 11 is 0. The number of nitrogens with one attached hydrogen (secondary N) is 1. The number of nitrogens with zero attached hydrogens (tertiary/aromatic N) is 1. The number of benzene rings is 2. The summed E-state index contributed by atoms with van der Waals surface area (Å²) in [5, 5.41) is 2.62. The van der Waals surface area contributed by atoms with E-state index in [0.717, 1.165) is 17.7 Å². The third-order valence-corrected chi connectivity index (χ3v) is 5.46. The monoisotopic (exact) mass is 496 g/mol. The molecular formula is C25H28F4N2O4. The molecule has 2 aromatic carbocycles. The van der Waals surface area contributed by atoms with Gasteiger partial charge in [0.25, 0.3) is 0 Å². The highest BCUT2D eigenvalue weighted by Gasteiger charge is 2.40. The molecule has 0 spiro atoms. The van der Waals surface area contributed by atoms with Crippen molar-refractivity contribution in [2.75, 3.05) is 6.54 Å². The Morgan fingerprint density at radius 1 is 1.11 bits per heavy atom. The van der Waals surface area contributed by atoms with E-state index in [0.29, 0.717) is 25.5 Å². The van der Waals surface area contributed by atoms with Crippen molar-refractivity contribution in [1.82, 2.24) is 10.2 Å². The van der Waals surface area contributed by atoms with Crippen molar-refractivity contribution in [1.29, 1.82) is 0 Å². The molecule has 0 radical (unpaired) electrons. The maximum absolute atomic E-state index is 14.4. The molecule has 10 heteroatoms. The molecule has 190 valence electrons. The largest absolute Gasteiger partial charge is 0.445 e. The fraction of sp³-hybridized carbons (Fsp3) is 0.440. The molecule has 0 bridgehead atoms. The summed E-state index contributed by atoms with van der Waals surface area (Å²) in [6.45, 7) is 5.40. The van der Waals surface area contributed by atoms with Crippen LogP contribution in [-0.4, -0.2) is 35.3 Å². The zero-order chi connectivity index (χ0) is 25.8. The Hall–Kier alpha value is -3.30. The van der Waals surface area contributed by atoms with Crippen molar-refractivity contribution in [3.63, 3.8) is 0 Å². The summed E-state index contributed by atoms with van der Waals surface area (Å²) in [4.78, 5) is 26.8. The van der Waals surface area contributed by atoms with Gasteiger partial charge in [-0.15, -0.1) is 0 Å². The molecule has 0 saturated carbocycles. The lowest BCUT2D eigenvalue weighted by Crippen LogP contribution is -2.47. The van der Waals surface area contributed by atoms with Crippen molar-refractivity contribution in [2.45, 2.75) is 64.1 Å². The summed E-state index contributed by atoms with van der Waals surface area (Å²) in [6.07, 6.45) is -5.35. The third kappa shape index (κ3) is 7.10. The lowest BCUT2D eigenvalue weighted by molar-refractivity contribution is -0.140. The minimum atomic E-state index is -4.87. The number of halogens is 4. The molecule has 1 saturated heterocycles. The SMILES string of the molecule is CC(C)(C)OC(=O)N1CCC[C@H]1[C@@H](NC(=O)OCc1ccccc1)c1ccc(C(F)(F)F)c(F)c1. The van der Waals surface area contributed by atoms with Crippen molar-refractivity contribution in [3.8, 4) is 0 Å². The van der Waals surface area contributed by atoms with Gasteiger partial charge in [-0.2, -0.15) is 13.2 Å². The lowest BCUT2D eigenvalue weighted by Gasteiger charge is -2.33. The van der Waals surface area contributed by atoms with E-state index in [1.807, 2.05) is 6.07 Å². The van der Waals surface area contributed by atoms with Gasteiger partial charge in [0.15, 0.2) is 0 Å². The molecule has 0 unspecified atom stereocenters. The molecule has 2 aromatic rings. The Morgan fingerprint density at radius 3 is 2.40 bits per heavy atom. The molecule has 2 amide bonds. The number of hydrogen-bond donors (Lipinski definition) is 1. The van der Waals surface area contributed by atoms with E-state index in [1.54, 1.807) is 45.0 Å². The summed E-state index contributed by atoms with van der Waals surface area (Å²) in [6, 6.07) is 9.65. The van der Waals surface area contributed by atoms with Crippen LogP contribution in [0.2, 0.25) is 0 Å². The van der Waals surface area contributed by atoms with Crippen LogP contribution in [0.15, 0.2) is 48.5 Å². The highest BCUT2D eigenvalue weighted by atomic mass is 19.4. The predicted molar refractivity (Wildman–Crippen MR) is 120 cm³/mol. The van der Waals surface area contributed by atoms with Crippen molar-refractivity contribution < 1.29 is 36.6 Å². The Balaban J connectivity index is 1.87. The third-order valence-electron chi connectivity index (χ3n) is 5.46. The first-order valence-electron chi connectivity index (χ1n) is 11.2. The number of ether oxygens (including phenoxy) is 2. The van der Waals surface area contributed by atoms with Crippen LogP contribution in [0.3, 0.4) is 0 Å². The van der Waals surface area contributed by atoms with Crippen LogP contribution >= 0.6 is 0 Å². The van der Waals surface area contributed by atoms with Gasteiger partial charge in [0.1, 0.15) is 18.0 Å². The van der Waals surface area contributed by atoms with Crippen molar-refractivity contribution >= 4 is 12.2 Å². The molecule has 1 heterocycles. The molecule has 1 fully saturated rings. The number of carbonyl (C=O) groups is 2. The molecule has 35 heavy (non-hydrogen) atoms. The second-order valence-electron chi connectivity index (χ2n) is 9.30. The molecule has 6 nitrogen and oxygen atoms in total. The van der Waals surface area contributed by atoms with Crippen LogP contribution in [0.4, 0.5) is 27.2 Å². The second kappa shape index (κ2) is 10.5. The number of hydrogen-bond acceptors (Lipinski definition) is 4. The molecule has 1 aliphatic rings. The first-order valence-corrected chi connectivity index (χ1v) is 11.2. The average molecular weight is 497 g/mol. The topological polar surface area (TPSA) is 67.9 Å². The zero-order valence-corrected chi connectivity index (χ0v) is 19.7. The number of amides is 2. The van der Waals surface area contributed by atoms with Crippen molar-refractivity contribution in [2.24, 2.45) is 0 Å². The Kier molecular flexibility index (Phi) is 7.92.